The molecule has 0 radical (unpaired) electrons. The van der Waals surface area contributed by atoms with E-state index in [9.17, 15) is 4.79 Å². The SMILES string of the molecule is CCn1nc(C)c(Br)c1COC(=O)c1cc(N)ccc1C. The van der Waals surface area contributed by atoms with Crippen LogP contribution >= 0.6 is 15.9 Å². The number of hydrogen-bond acceptors (Lipinski definition) is 4. The first-order chi connectivity index (χ1) is 9.93. The average Bonchev–Trinajstić information content (AvgIpc) is 2.74. The fourth-order valence-corrected chi connectivity index (χ4v) is 2.48. The lowest BCUT2D eigenvalue weighted by Gasteiger charge is -2.09. The molecule has 1 aromatic carbocycles. The lowest BCUT2D eigenvalue weighted by molar-refractivity contribution is 0.0460. The molecule has 0 aliphatic carbocycles. The average molecular weight is 352 g/mol. The molecule has 5 nitrogen and oxygen atoms in total. The molecule has 1 heterocycles. The first-order valence-corrected chi connectivity index (χ1v) is 7.48. The number of esters is 1. The highest BCUT2D eigenvalue weighted by atomic mass is 79.9. The van der Waals surface area contributed by atoms with Gasteiger partial charge in [-0.05, 0) is 54.4 Å². The van der Waals surface area contributed by atoms with E-state index in [-0.39, 0.29) is 12.6 Å². The molecular formula is C15H18BrN3O2. The Morgan fingerprint density at radius 2 is 2.14 bits per heavy atom. The number of carbonyl (C=O) groups excluding carboxylic acids is 1. The number of benzene rings is 1. The van der Waals surface area contributed by atoms with Crippen LogP contribution in [0.5, 0.6) is 0 Å². The zero-order valence-electron chi connectivity index (χ0n) is 12.3. The van der Waals surface area contributed by atoms with Crippen LogP contribution < -0.4 is 5.73 Å². The van der Waals surface area contributed by atoms with E-state index in [4.69, 9.17) is 10.5 Å². The van der Waals surface area contributed by atoms with Crippen molar-refractivity contribution in [2.24, 2.45) is 0 Å². The topological polar surface area (TPSA) is 70.1 Å². The largest absolute Gasteiger partial charge is 0.456 e. The Balaban J connectivity index is 2.16. The van der Waals surface area contributed by atoms with Gasteiger partial charge in [0.1, 0.15) is 6.61 Å². The normalized spacial score (nSPS) is 10.7. The maximum Gasteiger partial charge on any atom is 0.338 e. The number of anilines is 1. The third-order valence-corrected chi connectivity index (χ3v) is 4.31. The first kappa shape index (κ1) is 15.6. The number of nitrogen functional groups attached to an aromatic ring is 1. The predicted molar refractivity (Wildman–Crippen MR) is 85.0 cm³/mol. The predicted octanol–water partition coefficient (Wildman–Crippen LogP) is 3.22. The Labute approximate surface area is 132 Å². The Morgan fingerprint density at radius 3 is 2.81 bits per heavy atom. The number of aryl methyl sites for hydroxylation is 3. The zero-order chi connectivity index (χ0) is 15.6. The van der Waals surface area contributed by atoms with Crippen LogP contribution in [0.4, 0.5) is 5.69 Å². The van der Waals surface area contributed by atoms with Crippen LogP contribution in [0.3, 0.4) is 0 Å². The summed E-state index contributed by atoms with van der Waals surface area (Å²) in [5.74, 6) is -0.381. The van der Waals surface area contributed by atoms with Gasteiger partial charge in [-0.25, -0.2) is 4.79 Å². The van der Waals surface area contributed by atoms with Crippen molar-refractivity contribution in [3.63, 3.8) is 0 Å². The smallest absolute Gasteiger partial charge is 0.338 e. The van der Waals surface area contributed by atoms with Crippen molar-refractivity contribution in [2.45, 2.75) is 33.9 Å². The van der Waals surface area contributed by atoms with Crippen molar-refractivity contribution in [3.8, 4) is 0 Å². The second-order valence-corrected chi connectivity index (χ2v) is 5.61. The summed E-state index contributed by atoms with van der Waals surface area (Å²) in [4.78, 5) is 12.2. The van der Waals surface area contributed by atoms with Crippen LogP contribution in [-0.2, 0) is 17.9 Å². The van der Waals surface area contributed by atoms with Gasteiger partial charge in [0, 0.05) is 12.2 Å². The van der Waals surface area contributed by atoms with E-state index in [0.29, 0.717) is 11.3 Å². The summed E-state index contributed by atoms with van der Waals surface area (Å²) in [5.41, 5.74) is 9.32. The van der Waals surface area contributed by atoms with Crippen LogP contribution in [0, 0.1) is 13.8 Å². The minimum atomic E-state index is -0.381. The van der Waals surface area contributed by atoms with Crippen molar-refractivity contribution in [1.29, 1.82) is 0 Å². The molecule has 0 amide bonds. The molecule has 112 valence electrons. The van der Waals surface area contributed by atoms with Crippen LogP contribution in [0.2, 0.25) is 0 Å². The minimum absolute atomic E-state index is 0.169. The van der Waals surface area contributed by atoms with E-state index < -0.39 is 0 Å². The molecule has 0 bridgehead atoms. The number of carbonyl (C=O) groups is 1. The number of nitrogens with zero attached hydrogens (tertiary/aromatic N) is 2. The molecule has 0 fully saturated rings. The maximum atomic E-state index is 12.2. The highest BCUT2D eigenvalue weighted by Gasteiger charge is 2.16. The van der Waals surface area contributed by atoms with Gasteiger partial charge in [0.15, 0.2) is 0 Å². The number of nitrogens with two attached hydrogens (primary N) is 1. The molecule has 0 saturated carbocycles. The van der Waals surface area contributed by atoms with Gasteiger partial charge in [-0.15, -0.1) is 0 Å². The molecule has 1 aromatic heterocycles. The summed E-state index contributed by atoms with van der Waals surface area (Å²) in [6, 6.07) is 5.20. The van der Waals surface area contributed by atoms with Crippen molar-refractivity contribution in [3.05, 3.63) is 45.2 Å². The minimum Gasteiger partial charge on any atom is -0.456 e. The lowest BCUT2D eigenvalue weighted by Crippen LogP contribution is -2.11. The second kappa shape index (κ2) is 6.30. The molecule has 6 heteroatoms. The van der Waals surface area contributed by atoms with Crippen LogP contribution in [0.1, 0.15) is 34.2 Å². The second-order valence-electron chi connectivity index (χ2n) is 4.81. The molecule has 0 unspecified atom stereocenters. The molecule has 0 aliphatic heterocycles. The molecule has 0 spiro atoms. The van der Waals surface area contributed by atoms with Crippen LogP contribution in [-0.4, -0.2) is 15.7 Å². The molecule has 0 aliphatic rings. The molecule has 2 N–H and O–H groups in total. The molecule has 0 atom stereocenters. The fourth-order valence-electron chi connectivity index (χ4n) is 2.08. The molecular weight excluding hydrogens is 334 g/mol. The quantitative estimate of drug-likeness (QED) is 0.678. The fraction of sp³-hybridized carbons (Fsp3) is 0.333. The van der Waals surface area contributed by atoms with E-state index in [2.05, 4.69) is 21.0 Å². The summed E-state index contributed by atoms with van der Waals surface area (Å²) in [7, 11) is 0. The number of halogens is 1. The van der Waals surface area contributed by atoms with Gasteiger partial charge in [-0.3, -0.25) is 4.68 Å². The highest BCUT2D eigenvalue weighted by molar-refractivity contribution is 9.10. The van der Waals surface area contributed by atoms with Gasteiger partial charge >= 0.3 is 5.97 Å². The van der Waals surface area contributed by atoms with Gasteiger partial charge in [0.2, 0.25) is 0 Å². The summed E-state index contributed by atoms with van der Waals surface area (Å²) < 4.78 is 8.10. The van der Waals surface area contributed by atoms with Gasteiger partial charge in [0.25, 0.3) is 0 Å². The Morgan fingerprint density at radius 1 is 1.43 bits per heavy atom. The van der Waals surface area contributed by atoms with Crippen LogP contribution in [0.15, 0.2) is 22.7 Å². The van der Waals surface area contributed by atoms with Crippen molar-refractivity contribution in [2.75, 3.05) is 5.73 Å². The number of ether oxygens (including phenoxy) is 1. The first-order valence-electron chi connectivity index (χ1n) is 6.69. The van der Waals surface area contributed by atoms with E-state index in [1.54, 1.807) is 12.1 Å². The zero-order valence-corrected chi connectivity index (χ0v) is 13.9. The Bertz CT molecular complexity index is 680. The van der Waals surface area contributed by atoms with E-state index in [1.807, 2.05) is 31.5 Å². The molecule has 2 rings (SSSR count). The summed E-state index contributed by atoms with van der Waals surface area (Å²) in [6.07, 6.45) is 0. The standard InChI is InChI=1S/C15H18BrN3O2/c1-4-19-13(14(16)10(3)18-19)8-21-15(20)12-7-11(17)6-5-9(12)2/h5-7H,4,8,17H2,1-3H3. The van der Waals surface area contributed by atoms with Gasteiger partial charge in [0.05, 0.1) is 21.4 Å². The molecule has 0 saturated heterocycles. The van der Waals surface area contributed by atoms with Gasteiger partial charge in [-0.2, -0.15) is 5.10 Å². The van der Waals surface area contributed by atoms with Crippen molar-refractivity contribution in [1.82, 2.24) is 9.78 Å². The summed E-state index contributed by atoms with van der Waals surface area (Å²) in [5, 5.41) is 4.37. The molecule has 21 heavy (non-hydrogen) atoms. The van der Waals surface area contributed by atoms with E-state index in [1.165, 1.54) is 0 Å². The third kappa shape index (κ3) is 3.26. The van der Waals surface area contributed by atoms with E-state index >= 15 is 0 Å². The summed E-state index contributed by atoms with van der Waals surface area (Å²) in [6.45, 7) is 6.64. The Kier molecular flexibility index (Phi) is 4.67. The van der Waals surface area contributed by atoms with E-state index in [0.717, 1.165) is 28.0 Å². The monoisotopic (exact) mass is 351 g/mol. The number of hydrogen-bond donors (Lipinski definition) is 1. The molecule has 2 aromatic rings. The lowest BCUT2D eigenvalue weighted by atomic mass is 10.1. The van der Waals surface area contributed by atoms with Crippen molar-refractivity contribution >= 4 is 27.6 Å². The summed E-state index contributed by atoms with van der Waals surface area (Å²) >= 11 is 3.48. The van der Waals surface area contributed by atoms with Crippen LogP contribution in [0.25, 0.3) is 0 Å². The van der Waals surface area contributed by atoms with Gasteiger partial charge in [-0.1, -0.05) is 6.07 Å². The Hall–Kier alpha value is -1.82. The third-order valence-electron chi connectivity index (χ3n) is 3.27. The maximum absolute atomic E-state index is 12.2. The number of aromatic nitrogens is 2. The highest BCUT2D eigenvalue weighted by Crippen LogP contribution is 2.22. The van der Waals surface area contributed by atoms with Crippen molar-refractivity contribution < 1.29 is 9.53 Å². The van der Waals surface area contributed by atoms with Gasteiger partial charge < -0.3 is 10.5 Å². The number of rotatable bonds is 4.